The molecule has 0 saturated carbocycles. The topological polar surface area (TPSA) is 239 Å². The van der Waals surface area contributed by atoms with E-state index in [0.29, 0.717) is 10.5 Å². The maximum atomic E-state index is 12.6. The number of rotatable bonds is 11. The summed E-state index contributed by atoms with van der Waals surface area (Å²) in [7, 11) is -4.86. The standard InChI is InChI=1S/C21H24N5O10P/c22-15(21(29)30)7-10-36-14-3-1-12(2-4-14)17(24-31)18(27)23-16-11-26(19(16)28)20(37(33,34)35)13-5-8-25(32)9-6-13/h1-6,8-9,15-16,20,31H,7,10-11,22H2,(H,23,27)(H,29,30)(H2,33,34,35)/b24-17-. The number of carbonyl (C=O) groups excluding carboxylic acids is 2. The molecule has 16 heteroatoms. The van der Waals surface area contributed by atoms with Gasteiger partial charge in [0.05, 0.1) is 13.2 Å². The number of pyridine rings is 1. The van der Waals surface area contributed by atoms with Crippen molar-refractivity contribution < 1.29 is 48.5 Å². The molecule has 7 N–H and O–H groups in total. The highest BCUT2D eigenvalue weighted by Crippen LogP contribution is 2.54. The SMILES string of the molecule is NC(CCOc1ccc(/C(=N/O)C(=O)NC2CN(C(c3cc[n+]([O-])cc3)P(=O)(O)O)C2=O)cc1)C(=O)O. The third-order valence-electron chi connectivity index (χ3n) is 5.46. The number of nitrogens with zero attached hydrogens (tertiary/aromatic N) is 3. The van der Waals surface area contributed by atoms with E-state index in [0.717, 1.165) is 17.3 Å². The fourth-order valence-corrected chi connectivity index (χ4v) is 4.66. The number of hydrogen-bond acceptors (Lipinski definition) is 9. The number of nitrogens with one attached hydrogen (secondary N) is 1. The largest absolute Gasteiger partial charge is 0.619 e. The molecule has 1 aliphatic rings. The first kappa shape index (κ1) is 27.5. The molecule has 1 aromatic heterocycles. The number of ether oxygens (including phenoxy) is 1. The Morgan fingerprint density at radius 2 is 1.86 bits per heavy atom. The van der Waals surface area contributed by atoms with Gasteiger partial charge in [-0.05, 0) is 29.8 Å². The van der Waals surface area contributed by atoms with Crippen LogP contribution in [0.3, 0.4) is 0 Å². The van der Waals surface area contributed by atoms with Crippen molar-refractivity contribution in [2.45, 2.75) is 24.3 Å². The molecule has 15 nitrogen and oxygen atoms in total. The van der Waals surface area contributed by atoms with Crippen molar-refractivity contribution in [2.75, 3.05) is 13.2 Å². The van der Waals surface area contributed by atoms with Crippen molar-refractivity contribution in [3.05, 3.63) is 65.1 Å². The first-order valence-electron chi connectivity index (χ1n) is 10.7. The van der Waals surface area contributed by atoms with E-state index >= 15 is 0 Å². The summed E-state index contributed by atoms with van der Waals surface area (Å²) >= 11 is 0. The second-order valence-corrected chi connectivity index (χ2v) is 9.69. The Balaban J connectivity index is 1.61. The quantitative estimate of drug-likeness (QED) is 0.0382. The van der Waals surface area contributed by atoms with Crippen LogP contribution in [0.25, 0.3) is 0 Å². The van der Waals surface area contributed by atoms with Crippen LogP contribution in [0, 0.1) is 5.21 Å². The number of carbonyl (C=O) groups is 3. The normalized spacial score (nSPS) is 17.5. The van der Waals surface area contributed by atoms with Gasteiger partial charge in [0.1, 0.15) is 17.8 Å². The minimum Gasteiger partial charge on any atom is -0.619 e. The molecule has 1 aromatic carbocycles. The zero-order chi connectivity index (χ0) is 27.3. The van der Waals surface area contributed by atoms with Gasteiger partial charge >= 0.3 is 13.6 Å². The van der Waals surface area contributed by atoms with Crippen LogP contribution in [0.4, 0.5) is 0 Å². The molecule has 3 unspecified atom stereocenters. The minimum atomic E-state index is -4.86. The molecule has 1 fully saturated rings. The molecule has 0 spiro atoms. The van der Waals surface area contributed by atoms with Gasteiger partial charge in [-0.15, -0.1) is 0 Å². The fourth-order valence-electron chi connectivity index (χ4n) is 3.53. The monoisotopic (exact) mass is 537 g/mol. The Kier molecular flexibility index (Phi) is 8.45. The van der Waals surface area contributed by atoms with Crippen molar-refractivity contribution in [2.24, 2.45) is 10.9 Å². The summed E-state index contributed by atoms with van der Waals surface area (Å²) in [5.74, 6) is -4.15. The van der Waals surface area contributed by atoms with Crippen molar-refractivity contribution in [3.8, 4) is 5.75 Å². The predicted molar refractivity (Wildman–Crippen MR) is 124 cm³/mol. The Hall–Kier alpha value is -4.04. The van der Waals surface area contributed by atoms with E-state index in [1.807, 2.05) is 0 Å². The van der Waals surface area contributed by atoms with Crippen LogP contribution in [0.1, 0.15) is 23.3 Å². The van der Waals surface area contributed by atoms with Crippen LogP contribution in [0.2, 0.25) is 0 Å². The van der Waals surface area contributed by atoms with Crippen LogP contribution < -0.4 is 20.5 Å². The van der Waals surface area contributed by atoms with E-state index in [4.69, 9.17) is 15.6 Å². The maximum Gasteiger partial charge on any atom is 0.352 e. The smallest absolute Gasteiger partial charge is 0.352 e. The van der Waals surface area contributed by atoms with Gasteiger partial charge in [0.25, 0.3) is 5.91 Å². The molecular weight excluding hydrogens is 513 g/mol. The number of aliphatic carboxylic acids is 1. The van der Waals surface area contributed by atoms with Crippen LogP contribution in [-0.2, 0) is 18.9 Å². The molecular formula is C21H24N5O10P. The van der Waals surface area contributed by atoms with Gasteiger partial charge in [-0.2, -0.15) is 4.73 Å². The van der Waals surface area contributed by atoms with E-state index < -0.39 is 49.0 Å². The first-order chi connectivity index (χ1) is 17.4. The highest BCUT2D eigenvalue weighted by atomic mass is 31.2. The lowest BCUT2D eigenvalue weighted by molar-refractivity contribution is -0.605. The Labute approximate surface area is 209 Å². The highest BCUT2D eigenvalue weighted by Gasteiger charge is 2.49. The number of hydrogen-bond donors (Lipinski definition) is 6. The van der Waals surface area contributed by atoms with Crippen LogP contribution in [-0.4, -0.2) is 73.7 Å². The van der Waals surface area contributed by atoms with E-state index in [9.17, 15) is 39.1 Å². The third kappa shape index (κ3) is 6.59. The predicted octanol–water partition coefficient (Wildman–Crippen LogP) is -1.12. The second kappa shape index (κ2) is 11.3. The Morgan fingerprint density at radius 3 is 2.38 bits per heavy atom. The highest BCUT2D eigenvalue weighted by molar-refractivity contribution is 7.52. The molecule has 3 atom stereocenters. The average Bonchev–Trinajstić information content (AvgIpc) is 2.84. The van der Waals surface area contributed by atoms with E-state index in [1.165, 1.54) is 36.4 Å². The summed E-state index contributed by atoms with van der Waals surface area (Å²) < 4.78 is 17.9. The van der Waals surface area contributed by atoms with Gasteiger partial charge in [-0.25, -0.2) is 0 Å². The molecule has 2 aromatic rings. The number of likely N-dealkylation sites (tertiary alicyclic amines) is 1. The van der Waals surface area contributed by atoms with Gasteiger partial charge in [-0.1, -0.05) is 5.16 Å². The molecule has 1 aliphatic heterocycles. The average molecular weight is 537 g/mol. The van der Waals surface area contributed by atoms with E-state index in [1.54, 1.807) is 0 Å². The van der Waals surface area contributed by atoms with Crippen LogP contribution >= 0.6 is 7.60 Å². The van der Waals surface area contributed by atoms with E-state index in [2.05, 4.69) is 10.5 Å². The zero-order valence-corrected chi connectivity index (χ0v) is 20.0. The summed E-state index contributed by atoms with van der Waals surface area (Å²) in [5, 5.41) is 34.7. The molecule has 1 saturated heterocycles. The molecule has 3 rings (SSSR count). The summed E-state index contributed by atoms with van der Waals surface area (Å²) in [6.07, 6.45) is 2.14. The fraction of sp³-hybridized carbons (Fsp3) is 0.286. The molecule has 0 radical (unpaired) electrons. The molecule has 2 amide bonds. The lowest BCUT2D eigenvalue weighted by Crippen LogP contribution is -2.65. The van der Waals surface area contributed by atoms with Gasteiger partial charge in [-0.3, -0.25) is 18.9 Å². The van der Waals surface area contributed by atoms with Gasteiger partial charge in [0.15, 0.2) is 23.9 Å². The van der Waals surface area contributed by atoms with Crippen molar-refractivity contribution >= 4 is 31.1 Å². The zero-order valence-electron chi connectivity index (χ0n) is 19.1. The number of aromatic nitrogens is 1. The van der Waals surface area contributed by atoms with Gasteiger partial charge < -0.3 is 46.0 Å². The minimum absolute atomic E-state index is 0.0318. The summed E-state index contributed by atoms with van der Waals surface area (Å²) in [6, 6.07) is 5.86. The Bertz CT molecular complexity index is 1230. The lowest BCUT2D eigenvalue weighted by Gasteiger charge is -2.43. The molecule has 0 aliphatic carbocycles. The maximum absolute atomic E-state index is 12.6. The number of nitrogens with two attached hydrogens (primary N) is 1. The van der Waals surface area contributed by atoms with Crippen molar-refractivity contribution in [1.82, 2.24) is 10.2 Å². The van der Waals surface area contributed by atoms with Gasteiger partial charge in [0, 0.05) is 24.1 Å². The number of amides is 2. The number of carboxylic acids is 1. The number of oxime groups is 1. The summed E-state index contributed by atoms with van der Waals surface area (Å²) in [5.41, 5.74) is 5.18. The molecule has 0 bridgehead atoms. The molecule has 198 valence electrons. The van der Waals surface area contributed by atoms with E-state index in [-0.39, 0.29) is 30.7 Å². The van der Waals surface area contributed by atoms with Crippen LogP contribution in [0.5, 0.6) is 5.75 Å². The Morgan fingerprint density at radius 1 is 1.24 bits per heavy atom. The number of β-lactam (4-membered cyclic amide) rings is 1. The van der Waals surface area contributed by atoms with Crippen molar-refractivity contribution in [1.29, 1.82) is 0 Å². The summed E-state index contributed by atoms with van der Waals surface area (Å²) in [6.45, 7) is -0.208. The van der Waals surface area contributed by atoms with Gasteiger partial charge in [0.2, 0.25) is 5.91 Å². The van der Waals surface area contributed by atoms with Crippen molar-refractivity contribution in [3.63, 3.8) is 0 Å². The van der Waals surface area contributed by atoms with Crippen LogP contribution in [0.15, 0.2) is 53.9 Å². The molecule has 2 heterocycles. The number of benzene rings is 1. The summed E-state index contributed by atoms with van der Waals surface area (Å²) in [4.78, 5) is 56.4. The first-order valence-corrected chi connectivity index (χ1v) is 12.4. The molecule has 37 heavy (non-hydrogen) atoms. The third-order valence-corrected chi connectivity index (χ3v) is 6.68. The number of carboxylic acid groups (broad SMARTS) is 1. The second-order valence-electron chi connectivity index (χ2n) is 8.03. The lowest BCUT2D eigenvalue weighted by atomic mass is 10.0.